The van der Waals surface area contributed by atoms with E-state index in [2.05, 4.69) is 0 Å². The summed E-state index contributed by atoms with van der Waals surface area (Å²) in [6, 6.07) is 0. The molecule has 0 aromatic rings. The molecule has 0 spiro atoms. The Morgan fingerprint density at radius 1 is 1.60 bits per heavy atom. The molecule has 0 bridgehead atoms. The molecule has 0 saturated carbocycles. The molecule has 0 amide bonds. The summed E-state index contributed by atoms with van der Waals surface area (Å²) in [4.78, 5) is 7.88. The smallest absolute Gasteiger partial charge is 0.0772 e. The van der Waals surface area contributed by atoms with Crippen molar-refractivity contribution < 1.29 is 27.0 Å². The van der Waals surface area contributed by atoms with E-state index in [-0.39, 0.29) is 39.3 Å². The maximum atomic E-state index is 7.88. The molecule has 4 radical (unpaired) electrons. The predicted molar refractivity (Wildman–Crippen MR) is 12.5 cm³/mol. The molecule has 0 atom stereocenters. The van der Waals surface area contributed by atoms with Gasteiger partial charge in [-0.25, -0.2) is 0 Å². The molecule has 0 rings (SSSR count). The molecular formula is GeO3Ti. The van der Waals surface area contributed by atoms with Gasteiger partial charge in [-0.05, 0) is 0 Å². The van der Waals surface area contributed by atoms with Gasteiger partial charge in [-0.15, -0.1) is 0 Å². The first kappa shape index (κ1) is 17.4. The van der Waals surface area contributed by atoms with Crippen LogP contribution in [0.1, 0.15) is 0 Å². The van der Waals surface area contributed by atoms with Crippen molar-refractivity contribution in [2.24, 2.45) is 0 Å². The summed E-state index contributed by atoms with van der Waals surface area (Å²) >= 11 is 0. The summed E-state index contributed by atoms with van der Waals surface area (Å²) in [6.07, 6.45) is 0. The average Bonchev–Trinajstić information content (AvgIpc) is 0.918. The first-order chi connectivity index (χ1) is 1.41. The van der Waals surface area contributed by atoms with E-state index in [9.17, 15) is 0 Å². The van der Waals surface area contributed by atoms with Crippen molar-refractivity contribution >= 4 is 17.6 Å². The molecule has 3 nitrogen and oxygen atoms in total. The Labute approximate surface area is 54.5 Å². The van der Waals surface area contributed by atoms with Crippen LogP contribution in [0.5, 0.6) is 0 Å². The van der Waals surface area contributed by atoms with E-state index in [1.165, 1.54) is 0 Å². The Morgan fingerprint density at radius 3 is 1.60 bits per heavy atom. The monoisotopic (exact) mass is 170 g/mol. The third-order valence-electron chi connectivity index (χ3n) is 0. The Morgan fingerprint density at radius 2 is 1.60 bits per heavy atom. The van der Waals surface area contributed by atoms with Gasteiger partial charge in [0.25, 0.3) is 0 Å². The maximum Gasteiger partial charge on any atom is 0.154 e. The van der Waals surface area contributed by atoms with Gasteiger partial charge in [-0.1, -0.05) is 10.2 Å². The third-order valence-corrected chi connectivity index (χ3v) is 0. The van der Waals surface area contributed by atoms with Gasteiger partial charge in [0.2, 0.25) is 0 Å². The van der Waals surface area contributed by atoms with Gasteiger partial charge >= 0.3 is 0 Å². The molecule has 0 heterocycles. The van der Waals surface area contributed by atoms with Gasteiger partial charge < -0.3 is 0 Å². The second-order valence-corrected chi connectivity index (χ2v) is 0.0680. The minimum Gasteiger partial charge on any atom is -0.0772 e. The van der Waals surface area contributed by atoms with Crippen LogP contribution in [-0.2, 0) is 21.7 Å². The van der Waals surface area contributed by atoms with E-state index in [1.807, 2.05) is 0 Å². The zero-order chi connectivity index (χ0) is 2.71. The number of hydrogen-bond acceptors (Lipinski definition) is 2. The van der Waals surface area contributed by atoms with Gasteiger partial charge in [0.15, 0.2) is 4.75 Å². The second-order valence-electron chi connectivity index (χ2n) is 0.0680. The molecule has 0 unspecified atom stereocenters. The van der Waals surface area contributed by atoms with E-state index in [1.54, 1.807) is 4.75 Å². The van der Waals surface area contributed by atoms with E-state index in [0.29, 0.717) is 0 Å². The summed E-state index contributed by atoms with van der Waals surface area (Å²) in [5, 5.41) is 7.88. The van der Waals surface area contributed by atoms with Crippen LogP contribution in [0, 0.1) is 9.71 Å². The van der Waals surface area contributed by atoms with Gasteiger partial charge in [-0.3, -0.25) is 0 Å². The molecular weight excluding hydrogens is 168 g/mol. The standard InChI is InChI=1S/Ge.O3.Ti/c;1-3-2;. The normalized spacial score (nSPS) is 2.40. The zero-order valence-electron chi connectivity index (χ0n) is 2.22. The number of rotatable bonds is 0. The van der Waals surface area contributed by atoms with Crippen LogP contribution < -0.4 is 5.26 Å². The van der Waals surface area contributed by atoms with E-state index in [4.69, 9.17) is 10.2 Å². The minimum absolute atomic E-state index is 0. The molecule has 0 fully saturated rings. The fourth-order valence-corrected chi connectivity index (χ4v) is 0. The van der Waals surface area contributed by atoms with Crippen molar-refractivity contribution in [2.45, 2.75) is 0 Å². The summed E-state index contributed by atoms with van der Waals surface area (Å²) < 4.78 is 1.75. The summed E-state index contributed by atoms with van der Waals surface area (Å²) in [6.45, 7) is 0. The molecule has 26 valence electrons. The summed E-state index contributed by atoms with van der Waals surface area (Å²) in [5.74, 6) is 0. The van der Waals surface area contributed by atoms with Crippen LogP contribution in [-0.4, -0.2) is 17.6 Å². The molecule has 0 aliphatic rings. The fourth-order valence-electron chi connectivity index (χ4n) is 0. The Hall–Kier alpha value is 0.657. The van der Waals surface area contributed by atoms with Gasteiger partial charge in [0.1, 0.15) is 0 Å². The Kier molecular flexibility index (Phi) is 78.8. The largest absolute Gasteiger partial charge is 0.154 e. The van der Waals surface area contributed by atoms with E-state index >= 15 is 0 Å². The van der Waals surface area contributed by atoms with Crippen LogP contribution >= 0.6 is 0 Å². The van der Waals surface area contributed by atoms with Crippen molar-refractivity contribution in [3.05, 3.63) is 9.71 Å². The number of hydrogen-bond donors (Lipinski definition) is 0. The molecule has 0 aliphatic heterocycles. The van der Waals surface area contributed by atoms with Crippen molar-refractivity contribution in [1.82, 2.24) is 0 Å². The van der Waals surface area contributed by atoms with Gasteiger partial charge in [-0.2, -0.15) is 0 Å². The van der Waals surface area contributed by atoms with Crippen molar-refractivity contribution in [3.63, 3.8) is 0 Å². The predicted octanol–water partition coefficient (Wildman–Crippen LogP) is -1.51. The topological polar surface area (TPSA) is 51.4 Å². The minimum atomic E-state index is 0. The fraction of sp³-hybridized carbons (Fsp3) is 0. The van der Waals surface area contributed by atoms with Crippen LogP contribution in [0.25, 0.3) is 0 Å². The molecule has 0 aromatic heterocycles. The second kappa shape index (κ2) is 22.7. The van der Waals surface area contributed by atoms with Crippen LogP contribution in [0.4, 0.5) is 0 Å². The summed E-state index contributed by atoms with van der Waals surface area (Å²) in [5.41, 5.74) is 0. The molecule has 5 heavy (non-hydrogen) atoms. The van der Waals surface area contributed by atoms with Crippen molar-refractivity contribution in [2.75, 3.05) is 0 Å². The Balaban J connectivity index is -0.0000000200. The Bertz CT molecular complexity index is 14.4. The van der Waals surface area contributed by atoms with Crippen LogP contribution in [0.15, 0.2) is 0 Å². The van der Waals surface area contributed by atoms with Crippen LogP contribution in [0.3, 0.4) is 0 Å². The molecule has 0 N–H and O–H groups in total. The zero-order valence-corrected chi connectivity index (χ0v) is 5.88. The quantitative estimate of drug-likeness (QED) is 0.191. The van der Waals surface area contributed by atoms with Crippen LogP contribution in [0.2, 0.25) is 0 Å². The van der Waals surface area contributed by atoms with Crippen molar-refractivity contribution in [1.29, 1.82) is 0 Å². The maximum absolute atomic E-state index is 7.88. The summed E-state index contributed by atoms with van der Waals surface area (Å²) in [7, 11) is 0. The third kappa shape index (κ3) is 76.1. The average molecular weight is 168 g/mol. The van der Waals surface area contributed by atoms with Crippen molar-refractivity contribution in [3.8, 4) is 0 Å². The van der Waals surface area contributed by atoms with Gasteiger partial charge in [0.05, 0.1) is 0 Å². The van der Waals surface area contributed by atoms with E-state index in [0.717, 1.165) is 0 Å². The molecule has 0 saturated heterocycles. The first-order valence-electron chi connectivity index (χ1n) is 0.333. The SMILES string of the molecule is O=[O+][O-].[Ge].[Ti]. The van der Waals surface area contributed by atoms with E-state index < -0.39 is 0 Å². The molecule has 5 heteroatoms. The first-order valence-corrected chi connectivity index (χ1v) is 0.333. The van der Waals surface area contributed by atoms with Gasteiger partial charge in [0, 0.05) is 39.3 Å². The molecule has 0 aliphatic carbocycles. The molecule has 0 aromatic carbocycles.